The number of pyridine rings is 2. The molecule has 0 fully saturated rings. The molecule has 11 nitrogen and oxygen atoms in total. The number of amidine groups is 2. The molecule has 4 aromatic heterocycles. The van der Waals surface area contributed by atoms with Crippen LogP contribution in [0.25, 0.3) is 11.0 Å². The van der Waals surface area contributed by atoms with Gasteiger partial charge in [-0.05, 0) is 44.2 Å². The monoisotopic (exact) mass is 457 g/mol. The SMILES string of the molecule is CCOc1nn2ccccc2c1/N=C1\N/C(=N\c2c(OCC)nn3ccccc23)C(N)=CC1=N. The molecule has 0 aromatic carbocycles. The fourth-order valence-corrected chi connectivity index (χ4v) is 3.55. The second kappa shape index (κ2) is 8.70. The molecule has 5 rings (SSSR count). The molecule has 11 heteroatoms. The smallest absolute Gasteiger partial charge is 0.260 e. The highest BCUT2D eigenvalue weighted by Crippen LogP contribution is 2.33. The number of fused-ring (bicyclic) bond motifs is 2. The lowest BCUT2D eigenvalue weighted by molar-refractivity contribution is 0.326. The number of nitrogens with one attached hydrogen (secondary N) is 2. The summed E-state index contributed by atoms with van der Waals surface area (Å²) in [6.45, 7) is 4.63. The Hall–Kier alpha value is -4.67. The van der Waals surface area contributed by atoms with Crippen molar-refractivity contribution in [3.8, 4) is 11.8 Å². The van der Waals surface area contributed by atoms with Gasteiger partial charge in [-0.2, -0.15) is 0 Å². The van der Waals surface area contributed by atoms with Crippen molar-refractivity contribution in [3.05, 3.63) is 60.6 Å². The molecule has 0 atom stereocenters. The molecule has 1 aliphatic rings. The van der Waals surface area contributed by atoms with Crippen molar-refractivity contribution < 1.29 is 9.47 Å². The highest BCUT2D eigenvalue weighted by Gasteiger charge is 2.23. The first-order chi connectivity index (χ1) is 16.6. The molecule has 0 bridgehead atoms. The van der Waals surface area contributed by atoms with E-state index in [4.69, 9.17) is 25.6 Å². The number of nitrogens with zero attached hydrogens (tertiary/aromatic N) is 6. The Bertz CT molecular complexity index is 1490. The summed E-state index contributed by atoms with van der Waals surface area (Å²) < 4.78 is 14.8. The molecule has 0 spiro atoms. The number of rotatable bonds is 6. The molecule has 0 saturated carbocycles. The maximum Gasteiger partial charge on any atom is 0.260 e. The number of aromatic nitrogens is 4. The average Bonchev–Trinajstić information content (AvgIpc) is 3.35. The summed E-state index contributed by atoms with van der Waals surface area (Å²) in [6.07, 6.45) is 5.14. The van der Waals surface area contributed by atoms with Crippen LogP contribution in [0.1, 0.15) is 13.8 Å². The highest BCUT2D eigenvalue weighted by molar-refractivity contribution is 6.50. The van der Waals surface area contributed by atoms with Gasteiger partial charge >= 0.3 is 0 Å². The third-order valence-corrected chi connectivity index (χ3v) is 5.04. The van der Waals surface area contributed by atoms with Gasteiger partial charge in [0, 0.05) is 12.4 Å². The van der Waals surface area contributed by atoms with Gasteiger partial charge in [-0.25, -0.2) is 19.0 Å². The zero-order valence-corrected chi connectivity index (χ0v) is 18.7. The minimum Gasteiger partial charge on any atom is -0.475 e. The molecule has 0 amide bonds. The lowest BCUT2D eigenvalue weighted by atomic mass is 10.2. The topological polar surface area (TPSA) is 140 Å². The van der Waals surface area contributed by atoms with E-state index >= 15 is 0 Å². The molecule has 0 aliphatic carbocycles. The van der Waals surface area contributed by atoms with Gasteiger partial charge in [0.05, 0.1) is 35.7 Å². The first kappa shape index (κ1) is 21.2. The largest absolute Gasteiger partial charge is 0.475 e. The van der Waals surface area contributed by atoms with Crippen LogP contribution in [0.5, 0.6) is 11.8 Å². The Balaban J connectivity index is 1.61. The first-order valence-electron chi connectivity index (χ1n) is 10.8. The van der Waals surface area contributed by atoms with Gasteiger partial charge in [-0.1, -0.05) is 12.1 Å². The van der Waals surface area contributed by atoms with Crippen molar-refractivity contribution in [2.45, 2.75) is 13.8 Å². The normalized spacial score (nSPS) is 16.3. The van der Waals surface area contributed by atoms with Gasteiger partial charge in [0.1, 0.15) is 0 Å². The minimum absolute atomic E-state index is 0.110. The molecule has 172 valence electrons. The maximum atomic E-state index is 8.42. The van der Waals surface area contributed by atoms with Crippen molar-refractivity contribution >= 4 is 39.8 Å². The zero-order valence-electron chi connectivity index (χ0n) is 18.7. The van der Waals surface area contributed by atoms with E-state index in [0.717, 1.165) is 11.0 Å². The van der Waals surface area contributed by atoms with Gasteiger partial charge in [0.25, 0.3) is 11.8 Å². The van der Waals surface area contributed by atoms with Crippen molar-refractivity contribution in [1.29, 1.82) is 5.41 Å². The van der Waals surface area contributed by atoms with E-state index in [1.807, 2.05) is 62.6 Å². The van der Waals surface area contributed by atoms with Crippen LogP contribution in [0.15, 0.2) is 70.5 Å². The van der Waals surface area contributed by atoms with Gasteiger partial charge < -0.3 is 20.5 Å². The number of hydrogen-bond acceptors (Lipinski definition) is 8. The van der Waals surface area contributed by atoms with Crippen LogP contribution in [0.2, 0.25) is 0 Å². The Morgan fingerprint density at radius 2 is 1.41 bits per heavy atom. The van der Waals surface area contributed by atoms with Crippen LogP contribution in [0, 0.1) is 5.41 Å². The predicted octanol–water partition coefficient (Wildman–Crippen LogP) is 3.01. The van der Waals surface area contributed by atoms with E-state index in [0.29, 0.717) is 47.9 Å². The summed E-state index contributed by atoms with van der Waals surface area (Å²) >= 11 is 0. The third-order valence-electron chi connectivity index (χ3n) is 5.04. The van der Waals surface area contributed by atoms with Crippen molar-refractivity contribution in [3.63, 3.8) is 0 Å². The van der Waals surface area contributed by atoms with Crippen LogP contribution < -0.4 is 20.5 Å². The van der Waals surface area contributed by atoms with Crippen LogP contribution in [-0.2, 0) is 0 Å². The Labute approximate surface area is 194 Å². The van der Waals surface area contributed by atoms with E-state index in [1.54, 1.807) is 9.03 Å². The molecular weight excluding hydrogens is 434 g/mol. The van der Waals surface area contributed by atoms with E-state index in [1.165, 1.54) is 6.08 Å². The Morgan fingerprint density at radius 1 is 0.882 bits per heavy atom. The lowest BCUT2D eigenvalue weighted by Gasteiger charge is -2.17. The van der Waals surface area contributed by atoms with E-state index in [-0.39, 0.29) is 11.5 Å². The zero-order chi connectivity index (χ0) is 23.7. The van der Waals surface area contributed by atoms with E-state index in [2.05, 4.69) is 20.5 Å². The molecule has 1 aliphatic heterocycles. The summed E-state index contributed by atoms with van der Waals surface area (Å²) in [5.74, 6) is 1.36. The van der Waals surface area contributed by atoms with Crippen molar-refractivity contribution in [2.24, 2.45) is 15.7 Å². The fraction of sp³-hybridized carbons (Fsp3) is 0.174. The Morgan fingerprint density at radius 3 is 1.94 bits per heavy atom. The van der Waals surface area contributed by atoms with E-state index in [9.17, 15) is 0 Å². The number of ether oxygens (including phenoxy) is 2. The Kier molecular flexibility index (Phi) is 5.42. The second-order valence-electron chi connectivity index (χ2n) is 7.29. The molecule has 4 N–H and O–H groups in total. The average molecular weight is 457 g/mol. The summed E-state index contributed by atoms with van der Waals surface area (Å²) in [5, 5.41) is 20.4. The molecule has 34 heavy (non-hydrogen) atoms. The molecule has 0 unspecified atom stereocenters. The van der Waals surface area contributed by atoms with Gasteiger partial charge in [-0.15, -0.1) is 10.2 Å². The summed E-state index contributed by atoms with van der Waals surface area (Å²) in [6, 6.07) is 11.3. The third kappa shape index (κ3) is 3.72. The van der Waals surface area contributed by atoms with Gasteiger partial charge in [-0.3, -0.25) is 5.41 Å². The molecular formula is C23H23N9O2. The van der Waals surface area contributed by atoms with Crippen LogP contribution in [0.4, 0.5) is 11.4 Å². The van der Waals surface area contributed by atoms with Crippen LogP contribution in [-0.4, -0.2) is 49.8 Å². The summed E-state index contributed by atoms with van der Waals surface area (Å²) in [7, 11) is 0. The number of hydrogen-bond donors (Lipinski definition) is 3. The number of aliphatic imine (C=N–C) groups is 2. The van der Waals surface area contributed by atoms with Crippen LogP contribution in [0.3, 0.4) is 0 Å². The van der Waals surface area contributed by atoms with E-state index < -0.39 is 0 Å². The molecule has 4 aromatic rings. The highest BCUT2D eigenvalue weighted by atomic mass is 16.5. The molecule has 0 saturated heterocycles. The van der Waals surface area contributed by atoms with Gasteiger partial charge in [0.15, 0.2) is 23.0 Å². The fourth-order valence-electron chi connectivity index (χ4n) is 3.55. The second-order valence-corrected chi connectivity index (χ2v) is 7.29. The molecule has 0 radical (unpaired) electrons. The van der Waals surface area contributed by atoms with Crippen LogP contribution >= 0.6 is 0 Å². The quantitative estimate of drug-likeness (QED) is 0.407. The standard InChI is InChI=1S/C23H23N9O2/c1-3-33-22-18(16-9-5-7-11-31(16)29-22)26-20-14(24)13-15(25)21(28-20)27-19-17-10-6-8-12-32(17)30-23(19)34-4-2/h5-13,24H,3-4,25H2,1-2H3,(H,26,27,28). The molecule has 5 heterocycles. The maximum absolute atomic E-state index is 8.42. The number of nitrogens with two attached hydrogens (primary N) is 1. The predicted molar refractivity (Wildman–Crippen MR) is 130 cm³/mol. The minimum atomic E-state index is 0.110. The van der Waals surface area contributed by atoms with Gasteiger partial charge in [0.2, 0.25) is 0 Å². The first-order valence-corrected chi connectivity index (χ1v) is 10.8. The van der Waals surface area contributed by atoms with Crippen molar-refractivity contribution in [1.82, 2.24) is 24.5 Å². The lowest BCUT2D eigenvalue weighted by Crippen LogP contribution is -2.42. The summed E-state index contributed by atoms with van der Waals surface area (Å²) in [5.41, 5.74) is 9.17. The van der Waals surface area contributed by atoms with Crippen molar-refractivity contribution in [2.75, 3.05) is 13.2 Å². The summed E-state index contributed by atoms with van der Waals surface area (Å²) in [4.78, 5) is 9.40.